The Bertz CT molecular complexity index is 1020. The van der Waals surface area contributed by atoms with Crippen molar-refractivity contribution >= 4 is 5.97 Å². The van der Waals surface area contributed by atoms with Crippen LogP contribution < -0.4 is 4.74 Å². The summed E-state index contributed by atoms with van der Waals surface area (Å²) >= 11 is 0. The summed E-state index contributed by atoms with van der Waals surface area (Å²) in [6.07, 6.45) is -1.70. The first-order valence-electron chi connectivity index (χ1n) is 10.3. The van der Waals surface area contributed by atoms with E-state index < -0.39 is 37.1 Å². The van der Waals surface area contributed by atoms with E-state index in [1.54, 1.807) is 60.7 Å². The van der Waals surface area contributed by atoms with Crippen molar-refractivity contribution in [1.29, 1.82) is 0 Å². The maximum Gasteiger partial charge on any atom is 0.348 e. The zero-order valence-corrected chi connectivity index (χ0v) is 15.6. The van der Waals surface area contributed by atoms with Crippen LogP contribution >= 0.6 is 0 Å². The number of ether oxygens (including phenoxy) is 2. The van der Waals surface area contributed by atoms with E-state index >= 15 is 0 Å². The first kappa shape index (κ1) is 16.6. The fourth-order valence-corrected chi connectivity index (χ4v) is 3.20. The second-order valence-electron chi connectivity index (χ2n) is 6.19. The predicted octanol–water partition coefficient (Wildman–Crippen LogP) is 2.70. The van der Waals surface area contributed by atoms with Crippen molar-refractivity contribution in [2.75, 3.05) is 7.11 Å². The molecular formula is C22H22N2O5. The molecule has 7 nitrogen and oxygen atoms in total. The molecule has 0 saturated heterocycles. The molecule has 0 bridgehead atoms. The summed E-state index contributed by atoms with van der Waals surface area (Å²) in [6, 6.07) is 17.9. The molecule has 3 rings (SSSR count). The smallest absolute Gasteiger partial charge is 0.348 e. The molecular weight excluding hydrogens is 372 g/mol. The zero-order valence-electron chi connectivity index (χ0n) is 18.6. The summed E-state index contributed by atoms with van der Waals surface area (Å²) in [5.74, 6) is -1.38. The Morgan fingerprint density at radius 3 is 2.14 bits per heavy atom. The van der Waals surface area contributed by atoms with E-state index in [4.69, 9.17) is 13.6 Å². The molecule has 0 radical (unpaired) electrons. The normalized spacial score (nSPS) is 14.3. The number of aryl methyl sites for hydroxylation is 1. The van der Waals surface area contributed by atoms with Crippen LogP contribution in [-0.4, -0.2) is 39.4 Å². The van der Waals surface area contributed by atoms with E-state index in [1.165, 1.54) is 7.11 Å². The molecule has 0 amide bonds. The van der Waals surface area contributed by atoms with Crippen molar-refractivity contribution in [3.05, 3.63) is 89.2 Å². The lowest BCUT2D eigenvalue weighted by Crippen LogP contribution is -2.50. The maximum absolute atomic E-state index is 12.5. The molecule has 1 heterocycles. The van der Waals surface area contributed by atoms with Gasteiger partial charge in [0.15, 0.2) is 5.60 Å². The number of hydrogen-bond acceptors (Lipinski definition) is 6. The number of benzene rings is 2. The van der Waals surface area contributed by atoms with Gasteiger partial charge in [0, 0.05) is 16.9 Å². The van der Waals surface area contributed by atoms with Gasteiger partial charge >= 0.3 is 12.0 Å². The summed E-state index contributed by atoms with van der Waals surface area (Å²) < 4.78 is 34.4. The number of carbonyl (C=O) groups is 1. The van der Waals surface area contributed by atoms with Gasteiger partial charge in [-0.2, -0.15) is 4.98 Å². The van der Waals surface area contributed by atoms with Crippen LogP contribution in [0, 0.1) is 6.85 Å². The summed E-state index contributed by atoms with van der Waals surface area (Å²) in [4.78, 5) is 20.3. The Morgan fingerprint density at radius 1 is 1.10 bits per heavy atom. The molecule has 7 heteroatoms. The highest BCUT2D eigenvalue weighted by molar-refractivity contribution is 5.76. The molecule has 150 valence electrons. The minimum Gasteiger partial charge on any atom is -0.478 e. The second-order valence-corrected chi connectivity index (χ2v) is 6.19. The first-order chi connectivity index (χ1) is 15.2. The number of aromatic nitrogens is 2. The van der Waals surface area contributed by atoms with Gasteiger partial charge in [0.25, 0.3) is 0 Å². The van der Waals surface area contributed by atoms with E-state index in [-0.39, 0.29) is 11.4 Å². The largest absolute Gasteiger partial charge is 0.478 e. The molecule has 0 saturated carbocycles. The topological polar surface area (TPSA) is 102 Å². The molecule has 2 N–H and O–H groups in total. The number of nitrogens with zero attached hydrogens (tertiary/aromatic N) is 2. The van der Waals surface area contributed by atoms with Crippen molar-refractivity contribution in [1.82, 2.24) is 9.97 Å². The highest BCUT2D eigenvalue weighted by Gasteiger charge is 2.49. The van der Waals surface area contributed by atoms with Crippen molar-refractivity contribution < 1.29 is 28.6 Å². The van der Waals surface area contributed by atoms with Crippen LogP contribution in [0.2, 0.25) is 0 Å². The molecule has 0 aliphatic rings. The van der Waals surface area contributed by atoms with Crippen molar-refractivity contribution in [3.63, 3.8) is 0 Å². The van der Waals surface area contributed by atoms with Crippen molar-refractivity contribution in [2.45, 2.75) is 25.2 Å². The number of aliphatic hydroxyl groups is 1. The van der Waals surface area contributed by atoms with Gasteiger partial charge in [-0.1, -0.05) is 60.7 Å². The zero-order chi connectivity index (χ0) is 23.4. The van der Waals surface area contributed by atoms with E-state index in [0.717, 1.165) is 6.07 Å². The van der Waals surface area contributed by atoms with Gasteiger partial charge in [-0.3, -0.25) is 0 Å². The molecule has 1 atom stereocenters. The number of rotatable bonds is 8. The lowest BCUT2D eigenvalue weighted by molar-refractivity contribution is -0.160. The minimum absolute atomic E-state index is 0.0206. The Kier molecular flexibility index (Phi) is 5.06. The molecule has 29 heavy (non-hydrogen) atoms. The van der Waals surface area contributed by atoms with Gasteiger partial charge in [-0.25, -0.2) is 9.78 Å². The van der Waals surface area contributed by atoms with Crippen LogP contribution in [0.3, 0.4) is 0 Å². The third-order valence-corrected chi connectivity index (χ3v) is 4.46. The lowest BCUT2D eigenvalue weighted by atomic mass is 9.81. The molecule has 0 aliphatic heterocycles. The van der Waals surface area contributed by atoms with Crippen LogP contribution in [0.5, 0.6) is 6.01 Å². The number of methoxy groups -OCH3 is 1. The van der Waals surface area contributed by atoms with Crippen LogP contribution in [-0.2, 0) is 21.7 Å². The fourth-order valence-electron chi connectivity index (χ4n) is 3.20. The summed E-state index contributed by atoms with van der Waals surface area (Å²) in [5, 5.41) is 19.6. The number of aliphatic hydroxyl groups excluding tert-OH is 1. The number of carboxylic acid groups (broad SMARTS) is 1. The standard InChI is InChI=1S/C22H22N2O5/c1-15-13-18(14-25)24-21(23-15)29-19(20(26)27)22(28-2,16-9-5-3-6-10-16)17-11-7-4-8-12-17/h3-13,19,25H,14H2,1-2H3,(H,26,27)/i1D3. The van der Waals surface area contributed by atoms with Crippen LogP contribution in [0.15, 0.2) is 66.7 Å². The van der Waals surface area contributed by atoms with E-state index in [1.807, 2.05) is 0 Å². The third kappa shape index (κ3) is 4.11. The Balaban J connectivity index is 2.20. The Labute approximate surface area is 172 Å². The lowest BCUT2D eigenvalue weighted by Gasteiger charge is -2.37. The number of aliphatic carboxylic acids is 1. The number of carboxylic acids is 1. The summed E-state index contributed by atoms with van der Waals surface area (Å²) in [7, 11) is 1.36. The average Bonchev–Trinajstić information content (AvgIpc) is 2.79. The van der Waals surface area contributed by atoms with Crippen molar-refractivity contribution in [2.24, 2.45) is 0 Å². The van der Waals surface area contributed by atoms with Gasteiger partial charge < -0.3 is 19.7 Å². The van der Waals surface area contributed by atoms with Gasteiger partial charge in [-0.05, 0) is 24.0 Å². The van der Waals surface area contributed by atoms with Crippen LogP contribution in [0.25, 0.3) is 0 Å². The predicted molar refractivity (Wildman–Crippen MR) is 105 cm³/mol. The number of hydrogen-bond donors (Lipinski definition) is 2. The fraction of sp³-hybridized carbons (Fsp3) is 0.227. The SMILES string of the molecule is [2H]C([2H])([2H])c1cc(CO)nc(OC(C(=O)O)C(OC)(c2ccccc2)c2ccccc2)n1. The van der Waals surface area contributed by atoms with Crippen LogP contribution in [0.1, 0.15) is 26.6 Å². The quantitative estimate of drug-likeness (QED) is 0.602. The van der Waals surface area contributed by atoms with E-state index in [0.29, 0.717) is 11.1 Å². The molecule has 0 fully saturated rings. The highest BCUT2D eigenvalue weighted by atomic mass is 16.6. The Hall–Kier alpha value is -3.29. The van der Waals surface area contributed by atoms with Gasteiger partial charge in [0.05, 0.1) is 12.3 Å². The molecule has 0 spiro atoms. The monoisotopic (exact) mass is 397 g/mol. The third-order valence-electron chi connectivity index (χ3n) is 4.46. The van der Waals surface area contributed by atoms with Gasteiger partial charge in [0.2, 0.25) is 6.10 Å². The molecule has 2 aromatic carbocycles. The summed E-state index contributed by atoms with van der Waals surface area (Å²) in [6.45, 7) is -3.19. The molecule has 3 aromatic rings. The van der Waals surface area contributed by atoms with E-state index in [2.05, 4.69) is 9.97 Å². The Morgan fingerprint density at radius 2 is 1.69 bits per heavy atom. The van der Waals surface area contributed by atoms with E-state index in [9.17, 15) is 15.0 Å². The summed E-state index contributed by atoms with van der Waals surface area (Å²) in [5.41, 5.74) is -1.02. The van der Waals surface area contributed by atoms with Crippen molar-refractivity contribution in [3.8, 4) is 6.01 Å². The first-order valence-corrected chi connectivity index (χ1v) is 8.77. The second kappa shape index (κ2) is 8.81. The maximum atomic E-state index is 12.5. The van der Waals surface area contributed by atoms with Gasteiger partial charge in [0.1, 0.15) is 0 Å². The van der Waals surface area contributed by atoms with Gasteiger partial charge in [-0.15, -0.1) is 0 Å². The molecule has 0 aliphatic carbocycles. The molecule has 1 aromatic heterocycles. The average molecular weight is 397 g/mol. The highest BCUT2D eigenvalue weighted by Crippen LogP contribution is 2.38. The minimum atomic E-state index is -2.61. The van der Waals surface area contributed by atoms with Crippen LogP contribution in [0.4, 0.5) is 0 Å². The molecule has 1 unspecified atom stereocenters.